The Bertz CT molecular complexity index is 661. The molecular weight excluding hydrogens is 346 g/mol. The highest BCUT2D eigenvalue weighted by Crippen LogP contribution is 2.19. The zero-order chi connectivity index (χ0) is 17.2. The summed E-state index contributed by atoms with van der Waals surface area (Å²) in [5.41, 5.74) is 0.845. The van der Waals surface area contributed by atoms with Crippen LogP contribution in [0.4, 0.5) is 0 Å². The van der Waals surface area contributed by atoms with E-state index in [0.29, 0.717) is 29.7 Å². The number of halogens is 1. The van der Waals surface area contributed by atoms with Crippen molar-refractivity contribution in [1.29, 1.82) is 0 Å². The van der Waals surface area contributed by atoms with Crippen molar-refractivity contribution >= 4 is 29.3 Å². The molecule has 0 aliphatic rings. The Morgan fingerprint density at radius 2 is 2.25 bits per heavy atom. The second-order valence-corrected chi connectivity index (χ2v) is 6.37. The molecule has 8 heteroatoms. The number of nitrogens with one attached hydrogen (secondary N) is 2. The lowest BCUT2D eigenvalue weighted by atomic mass is 10.2. The maximum absolute atomic E-state index is 5.98. The second-order valence-electron chi connectivity index (χ2n) is 4.95. The quantitative estimate of drug-likeness (QED) is 0.424. The molecule has 0 amide bonds. The molecule has 0 atom stereocenters. The molecule has 2 aromatic rings. The molecule has 0 fully saturated rings. The van der Waals surface area contributed by atoms with Crippen LogP contribution in [-0.4, -0.2) is 47.7 Å². The average Bonchev–Trinajstić information content (AvgIpc) is 3.04. The fourth-order valence-electron chi connectivity index (χ4n) is 1.98. The Labute approximate surface area is 151 Å². The predicted molar refractivity (Wildman–Crippen MR) is 101 cm³/mol. The highest BCUT2D eigenvalue weighted by Gasteiger charge is 2.09. The Balaban J connectivity index is 1.87. The molecule has 130 valence electrons. The monoisotopic (exact) mass is 367 g/mol. The molecule has 1 aromatic heterocycles. The molecule has 0 aliphatic heterocycles. The summed E-state index contributed by atoms with van der Waals surface area (Å²) in [6, 6.07) is 7.40. The molecule has 0 spiro atoms. The molecule has 6 nitrogen and oxygen atoms in total. The van der Waals surface area contributed by atoms with Crippen molar-refractivity contribution in [2.24, 2.45) is 4.99 Å². The largest absolute Gasteiger partial charge is 0.357 e. The molecule has 2 N–H and O–H groups in total. The van der Waals surface area contributed by atoms with Crippen LogP contribution in [0.3, 0.4) is 0 Å². The molecular formula is C16H22ClN5OS. The van der Waals surface area contributed by atoms with Gasteiger partial charge in [-0.3, -0.25) is 4.99 Å². The van der Waals surface area contributed by atoms with Gasteiger partial charge in [0.25, 0.3) is 0 Å². The zero-order valence-electron chi connectivity index (χ0n) is 13.9. The zero-order valence-corrected chi connectivity index (χ0v) is 15.5. The van der Waals surface area contributed by atoms with Gasteiger partial charge in [-0.15, -0.1) is 0 Å². The number of thioether (sulfide) groups is 1. The third-order valence-electron chi connectivity index (χ3n) is 3.09. The number of hydrogen-bond acceptors (Lipinski definition) is 5. The molecule has 1 aromatic carbocycles. The average molecular weight is 368 g/mol. The van der Waals surface area contributed by atoms with E-state index < -0.39 is 0 Å². The van der Waals surface area contributed by atoms with Crippen molar-refractivity contribution in [1.82, 2.24) is 20.8 Å². The molecule has 0 radical (unpaired) electrons. The molecule has 2 rings (SSSR count). The van der Waals surface area contributed by atoms with Gasteiger partial charge in [0, 0.05) is 35.8 Å². The number of nitrogens with zero attached hydrogens (tertiary/aromatic N) is 3. The van der Waals surface area contributed by atoms with E-state index in [4.69, 9.17) is 16.1 Å². The lowest BCUT2D eigenvalue weighted by Gasteiger charge is -2.09. The van der Waals surface area contributed by atoms with Gasteiger partial charge < -0.3 is 15.2 Å². The number of benzene rings is 1. The third-order valence-corrected chi connectivity index (χ3v) is 3.92. The van der Waals surface area contributed by atoms with Crippen molar-refractivity contribution in [2.75, 3.05) is 31.6 Å². The van der Waals surface area contributed by atoms with Gasteiger partial charge in [-0.2, -0.15) is 16.7 Å². The molecule has 24 heavy (non-hydrogen) atoms. The van der Waals surface area contributed by atoms with Crippen molar-refractivity contribution in [3.05, 3.63) is 35.2 Å². The first-order valence-corrected chi connectivity index (χ1v) is 9.59. The van der Waals surface area contributed by atoms with Crippen LogP contribution in [0.2, 0.25) is 5.02 Å². The van der Waals surface area contributed by atoms with E-state index in [1.165, 1.54) is 0 Å². The summed E-state index contributed by atoms with van der Waals surface area (Å²) in [5, 5.41) is 11.1. The lowest BCUT2D eigenvalue weighted by molar-refractivity contribution is 0.378. The van der Waals surface area contributed by atoms with Crippen LogP contribution >= 0.6 is 23.4 Å². The minimum atomic E-state index is 0.549. The number of rotatable bonds is 8. The summed E-state index contributed by atoms with van der Waals surface area (Å²) in [4.78, 5) is 8.89. The number of hydrogen-bond donors (Lipinski definition) is 2. The first-order valence-electron chi connectivity index (χ1n) is 7.82. The Kier molecular flexibility index (Phi) is 7.91. The van der Waals surface area contributed by atoms with Gasteiger partial charge >= 0.3 is 0 Å². The maximum atomic E-state index is 5.98. The topological polar surface area (TPSA) is 75.3 Å². The highest BCUT2D eigenvalue weighted by atomic mass is 35.5. The van der Waals surface area contributed by atoms with Gasteiger partial charge in [-0.1, -0.05) is 28.9 Å². The summed E-state index contributed by atoms with van der Waals surface area (Å²) in [6.07, 6.45) is 2.70. The van der Waals surface area contributed by atoms with Crippen molar-refractivity contribution < 1.29 is 4.52 Å². The smallest absolute Gasteiger partial charge is 0.228 e. The van der Waals surface area contributed by atoms with E-state index in [1.54, 1.807) is 11.8 Å². The number of aromatic nitrogens is 2. The lowest BCUT2D eigenvalue weighted by Crippen LogP contribution is -2.38. The van der Waals surface area contributed by atoms with E-state index >= 15 is 0 Å². The van der Waals surface area contributed by atoms with Crippen LogP contribution in [0.5, 0.6) is 0 Å². The van der Waals surface area contributed by atoms with Crippen LogP contribution < -0.4 is 10.6 Å². The summed E-state index contributed by atoms with van der Waals surface area (Å²) in [6.45, 7) is 4.32. The van der Waals surface area contributed by atoms with Gasteiger partial charge in [0.05, 0.1) is 6.54 Å². The van der Waals surface area contributed by atoms with E-state index in [9.17, 15) is 0 Å². The standard InChI is InChI=1S/C16H22ClN5OS/c1-3-18-16(20-9-10-24-2)19-8-7-14-21-15(22-23-14)12-5-4-6-13(17)11-12/h4-6,11H,3,7-10H2,1-2H3,(H2,18,19,20). The fraction of sp³-hybridized carbons (Fsp3) is 0.438. The minimum Gasteiger partial charge on any atom is -0.357 e. The normalized spacial score (nSPS) is 11.5. The SMILES string of the molecule is CCNC(=NCCSC)NCCc1nc(-c2cccc(Cl)c2)no1. The van der Waals surface area contributed by atoms with Gasteiger partial charge in [0.1, 0.15) is 0 Å². The predicted octanol–water partition coefficient (Wildman–Crippen LogP) is 2.85. The summed E-state index contributed by atoms with van der Waals surface area (Å²) in [5.74, 6) is 2.94. The molecule has 0 unspecified atom stereocenters. The van der Waals surface area contributed by atoms with Crippen molar-refractivity contribution in [2.45, 2.75) is 13.3 Å². The van der Waals surface area contributed by atoms with Gasteiger partial charge in [-0.05, 0) is 25.3 Å². The van der Waals surface area contributed by atoms with Crippen LogP contribution in [0.1, 0.15) is 12.8 Å². The van der Waals surface area contributed by atoms with E-state index in [0.717, 1.165) is 30.4 Å². The van der Waals surface area contributed by atoms with Gasteiger partial charge in [0.15, 0.2) is 5.96 Å². The minimum absolute atomic E-state index is 0.549. The molecule has 1 heterocycles. The van der Waals surface area contributed by atoms with E-state index in [-0.39, 0.29) is 0 Å². The first-order chi connectivity index (χ1) is 11.7. The molecule has 0 saturated heterocycles. The van der Waals surface area contributed by atoms with Crippen molar-refractivity contribution in [3.63, 3.8) is 0 Å². The van der Waals surface area contributed by atoms with Gasteiger partial charge in [0.2, 0.25) is 11.7 Å². The maximum Gasteiger partial charge on any atom is 0.228 e. The van der Waals surface area contributed by atoms with E-state index in [2.05, 4.69) is 32.0 Å². The molecule has 0 saturated carbocycles. The molecule has 0 aliphatic carbocycles. The van der Waals surface area contributed by atoms with Crippen LogP contribution in [0.25, 0.3) is 11.4 Å². The molecule has 0 bridgehead atoms. The van der Waals surface area contributed by atoms with Crippen LogP contribution in [0, 0.1) is 0 Å². The van der Waals surface area contributed by atoms with E-state index in [1.807, 2.05) is 31.2 Å². The summed E-state index contributed by atoms with van der Waals surface area (Å²) >= 11 is 7.76. The Morgan fingerprint density at radius 3 is 3.00 bits per heavy atom. The fourth-order valence-corrected chi connectivity index (χ4v) is 2.44. The summed E-state index contributed by atoms with van der Waals surface area (Å²) < 4.78 is 5.29. The number of guanidine groups is 1. The van der Waals surface area contributed by atoms with Crippen molar-refractivity contribution in [3.8, 4) is 11.4 Å². The van der Waals surface area contributed by atoms with Gasteiger partial charge in [-0.25, -0.2) is 0 Å². The summed E-state index contributed by atoms with van der Waals surface area (Å²) in [7, 11) is 0. The Hall–Kier alpha value is -1.73. The first kappa shape index (κ1) is 18.6. The van der Waals surface area contributed by atoms with Crippen LogP contribution in [-0.2, 0) is 6.42 Å². The third kappa shape index (κ3) is 6.05. The number of aliphatic imine (C=N–C) groups is 1. The highest BCUT2D eigenvalue weighted by molar-refractivity contribution is 7.98. The second kappa shape index (κ2) is 10.2. The Morgan fingerprint density at radius 1 is 1.38 bits per heavy atom. The van der Waals surface area contributed by atoms with Crippen LogP contribution in [0.15, 0.2) is 33.8 Å².